The molecule has 1 aromatic rings. The fourth-order valence-electron chi connectivity index (χ4n) is 1.91. The molecule has 8 heteroatoms. The average Bonchev–Trinajstić information content (AvgIpc) is 2.39. The van der Waals surface area contributed by atoms with Gasteiger partial charge in [-0.05, 0) is 35.8 Å². The van der Waals surface area contributed by atoms with E-state index in [-0.39, 0.29) is 17.9 Å². The first-order valence-electron chi connectivity index (χ1n) is 6.16. The van der Waals surface area contributed by atoms with Gasteiger partial charge in [0.2, 0.25) is 5.75 Å². The Morgan fingerprint density at radius 1 is 1.57 bits per heavy atom. The number of para-hydroxylation sites is 1. The zero-order chi connectivity index (χ0) is 16.2. The van der Waals surface area contributed by atoms with Crippen molar-refractivity contribution in [2.24, 2.45) is 5.73 Å². The Morgan fingerprint density at radius 3 is 2.71 bits per heavy atom. The standard InChI is InChI=1S/C13H17BrN2O5/c1-8(7-13(2,15)12(17)20-3)21-11-9(14)5-4-6-10(11)16(18)19/h4-6,8H,7,15H2,1-3H3. The number of nitrogens with two attached hydrogens (primary N) is 1. The number of ether oxygens (including phenoxy) is 2. The molecule has 2 unspecified atom stereocenters. The van der Waals surface area contributed by atoms with E-state index in [1.807, 2.05) is 0 Å². The van der Waals surface area contributed by atoms with E-state index < -0.39 is 22.5 Å². The van der Waals surface area contributed by atoms with Gasteiger partial charge >= 0.3 is 11.7 Å². The van der Waals surface area contributed by atoms with E-state index >= 15 is 0 Å². The Morgan fingerprint density at radius 2 is 2.19 bits per heavy atom. The van der Waals surface area contributed by atoms with Gasteiger partial charge in [-0.1, -0.05) is 6.07 Å². The predicted octanol–water partition coefficient (Wildman–Crippen LogP) is 2.41. The number of rotatable bonds is 6. The van der Waals surface area contributed by atoms with Crippen molar-refractivity contribution in [2.75, 3.05) is 7.11 Å². The summed E-state index contributed by atoms with van der Waals surface area (Å²) in [4.78, 5) is 22.0. The summed E-state index contributed by atoms with van der Waals surface area (Å²) in [6, 6.07) is 4.52. The molecule has 2 N–H and O–H groups in total. The number of carbonyl (C=O) groups is 1. The summed E-state index contributed by atoms with van der Waals surface area (Å²) < 4.78 is 10.7. The molecule has 0 aliphatic heterocycles. The minimum Gasteiger partial charge on any atom is -0.483 e. The molecule has 116 valence electrons. The van der Waals surface area contributed by atoms with Crippen LogP contribution in [-0.2, 0) is 9.53 Å². The molecular formula is C13H17BrN2O5. The van der Waals surface area contributed by atoms with Crippen LogP contribution >= 0.6 is 15.9 Å². The summed E-state index contributed by atoms with van der Waals surface area (Å²) in [6.45, 7) is 3.20. The highest BCUT2D eigenvalue weighted by molar-refractivity contribution is 9.10. The average molecular weight is 361 g/mol. The Kier molecular flexibility index (Phi) is 5.68. The number of nitrogens with zero attached hydrogens (tertiary/aromatic N) is 1. The van der Waals surface area contributed by atoms with Crippen molar-refractivity contribution in [2.45, 2.75) is 31.9 Å². The summed E-state index contributed by atoms with van der Waals surface area (Å²) in [5.74, 6) is -0.463. The highest BCUT2D eigenvalue weighted by Crippen LogP contribution is 2.36. The molecule has 0 amide bonds. The maximum absolute atomic E-state index is 11.5. The maximum atomic E-state index is 11.5. The molecule has 0 fully saturated rings. The number of nitro benzene ring substituents is 1. The Hall–Kier alpha value is -1.67. The predicted molar refractivity (Wildman–Crippen MR) is 80.1 cm³/mol. The second-order valence-electron chi connectivity index (χ2n) is 4.89. The molecule has 0 saturated heterocycles. The molecule has 0 heterocycles. The normalized spacial score (nSPS) is 14.9. The number of hydrogen-bond donors (Lipinski definition) is 1. The zero-order valence-electron chi connectivity index (χ0n) is 12.0. The van der Waals surface area contributed by atoms with Crippen molar-refractivity contribution in [3.05, 3.63) is 32.8 Å². The number of esters is 1. The molecule has 1 aromatic carbocycles. The Bertz CT molecular complexity index is 547. The van der Waals surface area contributed by atoms with Crippen molar-refractivity contribution >= 4 is 27.6 Å². The smallest absolute Gasteiger partial charge is 0.325 e. The van der Waals surface area contributed by atoms with Crippen LogP contribution in [0.15, 0.2) is 22.7 Å². The molecule has 7 nitrogen and oxygen atoms in total. The van der Waals surface area contributed by atoms with Gasteiger partial charge in [0.1, 0.15) is 5.54 Å². The third-order valence-electron chi connectivity index (χ3n) is 2.83. The number of benzene rings is 1. The fraction of sp³-hybridized carbons (Fsp3) is 0.462. The number of hydrogen-bond acceptors (Lipinski definition) is 6. The van der Waals surface area contributed by atoms with Crippen LogP contribution in [0, 0.1) is 10.1 Å². The third-order valence-corrected chi connectivity index (χ3v) is 3.45. The van der Waals surface area contributed by atoms with Crippen LogP contribution in [0.4, 0.5) is 5.69 Å². The summed E-state index contributed by atoms with van der Waals surface area (Å²) in [5, 5.41) is 11.0. The minimum absolute atomic E-state index is 0.107. The zero-order valence-corrected chi connectivity index (χ0v) is 13.5. The van der Waals surface area contributed by atoms with Gasteiger partial charge in [-0.25, -0.2) is 0 Å². The number of halogens is 1. The SMILES string of the molecule is COC(=O)C(C)(N)CC(C)Oc1c(Br)cccc1[N+](=O)[O-]. The van der Waals surface area contributed by atoms with Crippen molar-refractivity contribution in [3.8, 4) is 5.75 Å². The Labute approximate surface area is 130 Å². The van der Waals surface area contributed by atoms with Gasteiger partial charge in [-0.15, -0.1) is 0 Å². The van der Waals surface area contributed by atoms with Crippen LogP contribution in [0.1, 0.15) is 20.3 Å². The molecule has 2 atom stereocenters. The first-order chi connectivity index (χ1) is 9.69. The van der Waals surface area contributed by atoms with E-state index in [0.717, 1.165) is 0 Å². The number of methoxy groups -OCH3 is 1. The molecule has 21 heavy (non-hydrogen) atoms. The lowest BCUT2D eigenvalue weighted by Crippen LogP contribution is -2.48. The second kappa shape index (κ2) is 6.86. The molecule has 0 bridgehead atoms. The Balaban J connectivity index is 2.92. The lowest BCUT2D eigenvalue weighted by Gasteiger charge is -2.25. The van der Waals surface area contributed by atoms with E-state index in [2.05, 4.69) is 20.7 Å². The van der Waals surface area contributed by atoms with E-state index in [1.165, 1.54) is 20.1 Å². The summed E-state index contributed by atoms with van der Waals surface area (Å²) in [5.41, 5.74) is 4.47. The molecule has 1 rings (SSSR count). The van der Waals surface area contributed by atoms with Gasteiger partial charge < -0.3 is 15.2 Å². The highest BCUT2D eigenvalue weighted by atomic mass is 79.9. The van der Waals surface area contributed by atoms with Crippen LogP contribution in [0.25, 0.3) is 0 Å². The molecule has 0 aliphatic carbocycles. The van der Waals surface area contributed by atoms with Gasteiger partial charge in [0.05, 0.1) is 22.6 Å². The van der Waals surface area contributed by atoms with Gasteiger partial charge in [-0.3, -0.25) is 14.9 Å². The van der Waals surface area contributed by atoms with Crippen LogP contribution in [0.2, 0.25) is 0 Å². The van der Waals surface area contributed by atoms with E-state index in [1.54, 1.807) is 19.1 Å². The van der Waals surface area contributed by atoms with Gasteiger partial charge in [-0.2, -0.15) is 0 Å². The highest BCUT2D eigenvalue weighted by Gasteiger charge is 2.33. The largest absolute Gasteiger partial charge is 0.483 e. The summed E-state index contributed by atoms with van der Waals surface area (Å²) in [7, 11) is 1.25. The monoisotopic (exact) mass is 360 g/mol. The molecule has 0 aromatic heterocycles. The molecule has 0 aliphatic rings. The van der Waals surface area contributed by atoms with Crippen molar-refractivity contribution in [1.29, 1.82) is 0 Å². The number of nitro groups is 1. The first kappa shape index (κ1) is 17.4. The van der Waals surface area contributed by atoms with E-state index in [9.17, 15) is 14.9 Å². The van der Waals surface area contributed by atoms with Crippen LogP contribution < -0.4 is 10.5 Å². The molecule has 0 saturated carbocycles. The molecular weight excluding hydrogens is 344 g/mol. The second-order valence-corrected chi connectivity index (χ2v) is 5.74. The molecule has 0 spiro atoms. The third kappa shape index (κ3) is 4.40. The lowest BCUT2D eigenvalue weighted by atomic mass is 9.96. The van der Waals surface area contributed by atoms with E-state index in [0.29, 0.717) is 4.47 Å². The van der Waals surface area contributed by atoms with Gasteiger partial charge in [0, 0.05) is 12.5 Å². The first-order valence-corrected chi connectivity index (χ1v) is 6.95. The molecule has 0 radical (unpaired) electrons. The minimum atomic E-state index is -1.23. The summed E-state index contributed by atoms with van der Waals surface area (Å²) >= 11 is 3.21. The van der Waals surface area contributed by atoms with Crippen molar-refractivity contribution in [3.63, 3.8) is 0 Å². The summed E-state index contributed by atoms with van der Waals surface area (Å²) in [6.07, 6.45) is -0.366. The fourth-order valence-corrected chi connectivity index (χ4v) is 2.36. The van der Waals surface area contributed by atoms with Crippen LogP contribution in [0.5, 0.6) is 5.75 Å². The van der Waals surface area contributed by atoms with Gasteiger partial charge in [0.25, 0.3) is 0 Å². The van der Waals surface area contributed by atoms with Crippen molar-refractivity contribution in [1.82, 2.24) is 0 Å². The van der Waals surface area contributed by atoms with E-state index in [4.69, 9.17) is 10.5 Å². The maximum Gasteiger partial charge on any atom is 0.325 e. The van der Waals surface area contributed by atoms with Crippen LogP contribution in [-0.4, -0.2) is 29.6 Å². The quantitative estimate of drug-likeness (QED) is 0.474. The van der Waals surface area contributed by atoms with Gasteiger partial charge in [0.15, 0.2) is 0 Å². The van der Waals surface area contributed by atoms with Crippen molar-refractivity contribution < 1.29 is 19.2 Å². The van der Waals surface area contributed by atoms with Crippen LogP contribution in [0.3, 0.4) is 0 Å². The number of carbonyl (C=O) groups excluding carboxylic acids is 1. The lowest BCUT2D eigenvalue weighted by molar-refractivity contribution is -0.386. The topological polar surface area (TPSA) is 105 Å².